The second-order valence-electron chi connectivity index (χ2n) is 2.06. The smallest absolute Gasteiger partial charge is 0.212 e. The highest BCUT2D eigenvalue weighted by molar-refractivity contribution is 5.69. The Balaban J connectivity index is 2.91. The minimum absolute atomic E-state index is 0.604. The van der Waals surface area contributed by atoms with Crippen LogP contribution in [0.15, 0.2) is 0 Å². The quantitative estimate of drug-likeness (QED) is 0.589. The van der Waals surface area contributed by atoms with Gasteiger partial charge in [-0.1, -0.05) is 0 Å². The maximum absolute atomic E-state index is 9.97. The van der Waals surface area contributed by atoms with Gasteiger partial charge in [-0.05, 0) is 13.8 Å². The van der Waals surface area contributed by atoms with Gasteiger partial charge in [-0.15, -0.1) is 0 Å². The van der Waals surface area contributed by atoms with Crippen molar-refractivity contribution in [1.82, 2.24) is 9.97 Å². The summed E-state index contributed by atoms with van der Waals surface area (Å²) in [5, 5.41) is 2.47. The van der Waals surface area contributed by atoms with Crippen LogP contribution < -0.4 is 5.32 Å². The van der Waals surface area contributed by atoms with Gasteiger partial charge in [0.25, 0.3) is 0 Å². The zero-order valence-electron chi connectivity index (χ0n) is 5.93. The van der Waals surface area contributed by atoms with E-state index in [1.165, 1.54) is 0 Å². The first kappa shape index (κ1) is 6.80. The van der Waals surface area contributed by atoms with Gasteiger partial charge in [0.15, 0.2) is 5.82 Å². The molecule has 0 atom stereocenters. The van der Waals surface area contributed by atoms with Crippen molar-refractivity contribution in [2.75, 3.05) is 5.32 Å². The molecule has 0 saturated heterocycles. The highest BCUT2D eigenvalue weighted by atomic mass is 16.1. The summed E-state index contributed by atoms with van der Waals surface area (Å²) < 4.78 is 0. The van der Waals surface area contributed by atoms with Crippen LogP contribution >= 0.6 is 0 Å². The van der Waals surface area contributed by atoms with Crippen molar-refractivity contribution in [2.45, 2.75) is 13.8 Å². The van der Waals surface area contributed by atoms with Crippen LogP contribution in [0.1, 0.15) is 11.5 Å². The molecule has 0 spiro atoms. The lowest BCUT2D eigenvalue weighted by molar-refractivity contribution is -0.105. The predicted molar refractivity (Wildman–Crippen MR) is 37.7 cm³/mol. The van der Waals surface area contributed by atoms with Crippen LogP contribution in [-0.2, 0) is 4.79 Å². The Kier molecular flexibility index (Phi) is 1.71. The summed E-state index contributed by atoms with van der Waals surface area (Å²) in [5.41, 5.74) is 0.879. The van der Waals surface area contributed by atoms with Crippen molar-refractivity contribution in [3.05, 3.63) is 11.5 Å². The molecule has 54 valence electrons. The lowest BCUT2D eigenvalue weighted by atomic mass is 10.5. The molecule has 0 radical (unpaired) electrons. The van der Waals surface area contributed by atoms with Gasteiger partial charge in [0.05, 0.1) is 5.69 Å². The third-order valence-corrected chi connectivity index (χ3v) is 1.20. The van der Waals surface area contributed by atoms with Gasteiger partial charge in [-0.2, -0.15) is 0 Å². The number of H-pyrrole nitrogens is 1. The van der Waals surface area contributed by atoms with E-state index in [0.29, 0.717) is 12.2 Å². The molecule has 0 unspecified atom stereocenters. The topological polar surface area (TPSA) is 57.8 Å². The van der Waals surface area contributed by atoms with E-state index in [2.05, 4.69) is 15.3 Å². The minimum Gasteiger partial charge on any atom is -0.345 e. The van der Waals surface area contributed by atoms with E-state index in [-0.39, 0.29) is 0 Å². The second-order valence-corrected chi connectivity index (χ2v) is 2.06. The summed E-state index contributed by atoms with van der Waals surface area (Å²) in [6.45, 7) is 3.69. The number of aromatic nitrogens is 2. The normalized spacial score (nSPS) is 9.40. The predicted octanol–water partition coefficient (Wildman–Crippen LogP) is 0.595. The number of amides is 1. The van der Waals surface area contributed by atoms with Crippen LogP contribution in [0.3, 0.4) is 0 Å². The summed E-state index contributed by atoms with van der Waals surface area (Å²) in [5.74, 6) is 1.41. The first-order valence-corrected chi connectivity index (χ1v) is 2.97. The Labute approximate surface area is 58.7 Å². The lowest BCUT2D eigenvalue weighted by Gasteiger charge is -1.89. The lowest BCUT2D eigenvalue weighted by Crippen LogP contribution is -1.95. The molecule has 1 rings (SSSR count). The van der Waals surface area contributed by atoms with Gasteiger partial charge in [-0.25, -0.2) is 4.98 Å². The summed E-state index contributed by atoms with van der Waals surface area (Å²) in [6.07, 6.45) is 0.614. The molecule has 1 heterocycles. The van der Waals surface area contributed by atoms with Gasteiger partial charge in [0.2, 0.25) is 6.41 Å². The molecule has 4 heteroatoms. The number of hydrogen-bond acceptors (Lipinski definition) is 2. The minimum atomic E-state index is 0.604. The molecule has 4 nitrogen and oxygen atoms in total. The van der Waals surface area contributed by atoms with Gasteiger partial charge >= 0.3 is 0 Å². The van der Waals surface area contributed by atoms with Crippen LogP contribution in [0.2, 0.25) is 0 Å². The fourth-order valence-electron chi connectivity index (χ4n) is 0.806. The van der Waals surface area contributed by atoms with E-state index in [9.17, 15) is 4.79 Å². The first-order valence-electron chi connectivity index (χ1n) is 2.97. The van der Waals surface area contributed by atoms with Gasteiger partial charge in [-0.3, -0.25) is 4.79 Å². The number of aryl methyl sites for hydroxylation is 2. The number of hydrogen-bond donors (Lipinski definition) is 2. The fourth-order valence-corrected chi connectivity index (χ4v) is 0.806. The van der Waals surface area contributed by atoms with E-state index in [1.807, 2.05) is 13.8 Å². The van der Waals surface area contributed by atoms with E-state index in [4.69, 9.17) is 0 Å². The van der Waals surface area contributed by atoms with Gasteiger partial charge < -0.3 is 10.3 Å². The number of rotatable bonds is 2. The third kappa shape index (κ3) is 1.15. The summed E-state index contributed by atoms with van der Waals surface area (Å²) >= 11 is 0. The standard InChI is InChI=1S/C6H9N3O/c1-4-6(7-3-10)9-5(2)8-4/h3H,1-2H3,(H,7,10)(H,8,9). The highest BCUT2D eigenvalue weighted by Crippen LogP contribution is 2.08. The number of carbonyl (C=O) groups excluding carboxylic acids is 1. The molecule has 1 aromatic heterocycles. The molecule has 1 aromatic rings. The van der Waals surface area contributed by atoms with Crippen molar-refractivity contribution >= 4 is 12.2 Å². The summed E-state index contributed by atoms with van der Waals surface area (Å²) in [7, 11) is 0. The largest absolute Gasteiger partial charge is 0.345 e. The number of imidazole rings is 1. The highest BCUT2D eigenvalue weighted by Gasteiger charge is 1.99. The molecule has 0 fully saturated rings. The van der Waals surface area contributed by atoms with E-state index >= 15 is 0 Å². The third-order valence-electron chi connectivity index (χ3n) is 1.20. The molecule has 0 saturated carbocycles. The number of nitrogens with one attached hydrogen (secondary N) is 2. The zero-order valence-corrected chi connectivity index (χ0v) is 5.93. The maximum atomic E-state index is 9.97. The molecular weight excluding hydrogens is 130 g/mol. The molecule has 1 amide bonds. The zero-order chi connectivity index (χ0) is 7.56. The van der Waals surface area contributed by atoms with E-state index in [1.54, 1.807) is 0 Å². The Morgan fingerprint density at radius 1 is 1.60 bits per heavy atom. The van der Waals surface area contributed by atoms with Crippen molar-refractivity contribution in [3.8, 4) is 0 Å². The number of aromatic amines is 1. The van der Waals surface area contributed by atoms with E-state index in [0.717, 1.165) is 11.5 Å². The number of carbonyl (C=O) groups is 1. The SMILES string of the molecule is Cc1nc(NC=O)c(C)[nH]1. The molecule has 0 aromatic carbocycles. The Morgan fingerprint density at radius 3 is 2.70 bits per heavy atom. The van der Waals surface area contributed by atoms with Crippen LogP contribution in [0.5, 0.6) is 0 Å². The summed E-state index contributed by atoms with van der Waals surface area (Å²) in [6, 6.07) is 0. The monoisotopic (exact) mass is 139 g/mol. The van der Waals surface area contributed by atoms with Crippen LogP contribution in [0, 0.1) is 13.8 Å². The average molecular weight is 139 g/mol. The fraction of sp³-hybridized carbons (Fsp3) is 0.333. The van der Waals surface area contributed by atoms with Crippen LogP contribution in [-0.4, -0.2) is 16.4 Å². The molecule has 0 aliphatic heterocycles. The molecule has 0 bridgehead atoms. The first-order chi connectivity index (χ1) is 4.74. The Morgan fingerprint density at radius 2 is 2.30 bits per heavy atom. The van der Waals surface area contributed by atoms with Crippen molar-refractivity contribution < 1.29 is 4.79 Å². The van der Waals surface area contributed by atoms with Crippen molar-refractivity contribution in [1.29, 1.82) is 0 Å². The van der Waals surface area contributed by atoms with Gasteiger partial charge in [0, 0.05) is 0 Å². The van der Waals surface area contributed by atoms with Crippen molar-refractivity contribution in [2.24, 2.45) is 0 Å². The molecule has 0 aliphatic rings. The van der Waals surface area contributed by atoms with Crippen molar-refractivity contribution in [3.63, 3.8) is 0 Å². The van der Waals surface area contributed by atoms with Crippen LogP contribution in [0.4, 0.5) is 5.82 Å². The van der Waals surface area contributed by atoms with E-state index < -0.39 is 0 Å². The molecule has 0 aliphatic carbocycles. The summed E-state index contributed by atoms with van der Waals surface area (Å²) in [4.78, 5) is 16.9. The number of nitrogens with zero attached hydrogens (tertiary/aromatic N) is 1. The maximum Gasteiger partial charge on any atom is 0.212 e. The Bertz CT molecular complexity index is 241. The number of anilines is 1. The average Bonchev–Trinajstić information content (AvgIpc) is 2.13. The molecule has 10 heavy (non-hydrogen) atoms. The second kappa shape index (κ2) is 2.51. The molecule has 2 N–H and O–H groups in total. The Hall–Kier alpha value is -1.32. The molecular formula is C6H9N3O. The van der Waals surface area contributed by atoms with Gasteiger partial charge in [0.1, 0.15) is 5.82 Å². The van der Waals surface area contributed by atoms with Crippen LogP contribution in [0.25, 0.3) is 0 Å².